The van der Waals surface area contributed by atoms with Crippen molar-refractivity contribution in [2.24, 2.45) is 0 Å². The summed E-state index contributed by atoms with van der Waals surface area (Å²) in [6.45, 7) is 0. The number of nitrogens with zero attached hydrogens (tertiary/aromatic N) is 2. The summed E-state index contributed by atoms with van der Waals surface area (Å²) in [6.07, 6.45) is 0. The van der Waals surface area contributed by atoms with Gasteiger partial charge >= 0.3 is 0 Å². The number of hydrogen-bond donors (Lipinski definition) is 0. The average molecular weight is 905 g/mol. The van der Waals surface area contributed by atoms with Crippen LogP contribution in [0.15, 0.2) is 271 Å². The molecule has 71 heavy (non-hydrogen) atoms. The number of para-hydroxylation sites is 3. The monoisotopic (exact) mass is 904 g/mol. The molecule has 0 saturated carbocycles. The molecule has 0 aliphatic heterocycles. The van der Waals surface area contributed by atoms with E-state index in [0.717, 1.165) is 66.8 Å². The number of fused-ring (bicyclic) bond motifs is 8. The molecule has 0 radical (unpaired) electrons. The van der Waals surface area contributed by atoms with Crippen molar-refractivity contribution >= 4 is 82.4 Å². The van der Waals surface area contributed by atoms with Crippen LogP contribution in [0.25, 0.3) is 115 Å². The maximum atomic E-state index is 6.89. The minimum absolute atomic E-state index is 0.859. The Morgan fingerprint density at radius 3 is 1.65 bits per heavy atom. The second-order valence-electron chi connectivity index (χ2n) is 18.4. The van der Waals surface area contributed by atoms with E-state index in [1.807, 2.05) is 0 Å². The summed E-state index contributed by atoms with van der Waals surface area (Å²) in [5.74, 6) is 0. The van der Waals surface area contributed by atoms with E-state index in [9.17, 15) is 0 Å². The van der Waals surface area contributed by atoms with Crippen molar-refractivity contribution in [3.05, 3.63) is 267 Å². The van der Waals surface area contributed by atoms with Crippen molar-refractivity contribution in [1.82, 2.24) is 4.57 Å². The van der Waals surface area contributed by atoms with Crippen molar-refractivity contribution in [3.8, 4) is 50.2 Å². The smallest absolute Gasteiger partial charge is 0.145 e. The Labute approximate surface area is 411 Å². The lowest BCUT2D eigenvalue weighted by Crippen LogP contribution is -2.11. The standard InChI is InChI=1S/C68H44N2O/c1-3-17-48(18-4-1)54-41-44-64(67-60-27-12-14-32-65(60)71-68(54)67)70(51-39-37-46(38-40-51)45-33-35-49(36-34-45)53-28-15-20-47-19-7-8-23-52(47)53)62-43-42-56(55-24-9-10-25-57(55)62)58-29-16-31-63-66(58)59-26-11-13-30-61(59)69(63)50-21-5-2-6-22-50/h1-44H. The number of hydrogen-bond acceptors (Lipinski definition) is 2. The van der Waals surface area contributed by atoms with Crippen LogP contribution in [0.2, 0.25) is 0 Å². The van der Waals surface area contributed by atoms with Crippen LogP contribution < -0.4 is 4.90 Å². The topological polar surface area (TPSA) is 21.3 Å². The predicted molar refractivity (Wildman–Crippen MR) is 299 cm³/mol. The molecule has 2 aromatic heterocycles. The van der Waals surface area contributed by atoms with E-state index < -0.39 is 0 Å². The van der Waals surface area contributed by atoms with Gasteiger partial charge in [0, 0.05) is 38.5 Å². The Morgan fingerprint density at radius 2 is 0.845 bits per heavy atom. The molecule has 12 aromatic carbocycles. The van der Waals surface area contributed by atoms with E-state index in [1.165, 1.54) is 65.8 Å². The lowest BCUT2D eigenvalue weighted by molar-refractivity contribution is 0.670. The minimum atomic E-state index is 0.859. The van der Waals surface area contributed by atoms with Crippen LogP contribution in [0.5, 0.6) is 0 Å². The summed E-state index contributed by atoms with van der Waals surface area (Å²) < 4.78 is 9.29. The molecule has 0 atom stereocenters. The van der Waals surface area contributed by atoms with Gasteiger partial charge in [-0.15, -0.1) is 0 Å². The van der Waals surface area contributed by atoms with E-state index in [4.69, 9.17) is 4.42 Å². The second-order valence-corrected chi connectivity index (χ2v) is 18.4. The minimum Gasteiger partial charge on any atom is -0.455 e. The van der Waals surface area contributed by atoms with Crippen LogP contribution in [0, 0.1) is 0 Å². The zero-order valence-electron chi connectivity index (χ0n) is 38.7. The Hall–Kier alpha value is -9.44. The number of furan rings is 1. The molecule has 14 aromatic rings. The first-order chi connectivity index (χ1) is 35.2. The van der Waals surface area contributed by atoms with Gasteiger partial charge in [-0.25, -0.2) is 0 Å². The molecule has 3 nitrogen and oxygen atoms in total. The SMILES string of the molecule is c1ccc(-c2ccc(N(c3ccc(-c4ccc(-c5cccc6ccccc56)cc4)cc3)c3ccc(-c4cccc5c4c4ccccc4n5-c4ccccc4)c4ccccc34)c3c2oc2ccccc23)cc1. The molecule has 0 spiro atoms. The average Bonchev–Trinajstić information content (AvgIpc) is 4.01. The van der Waals surface area contributed by atoms with E-state index in [1.54, 1.807) is 0 Å². The van der Waals surface area contributed by atoms with Crippen LogP contribution in [-0.2, 0) is 0 Å². The maximum absolute atomic E-state index is 6.89. The largest absolute Gasteiger partial charge is 0.455 e. The van der Waals surface area contributed by atoms with Gasteiger partial charge in [0.25, 0.3) is 0 Å². The van der Waals surface area contributed by atoms with Gasteiger partial charge in [0.15, 0.2) is 0 Å². The van der Waals surface area contributed by atoms with Gasteiger partial charge in [-0.3, -0.25) is 0 Å². The van der Waals surface area contributed by atoms with E-state index in [-0.39, 0.29) is 0 Å². The third kappa shape index (κ3) is 6.66. The molecular formula is C68H44N2O. The Kier molecular flexibility index (Phi) is 9.53. The van der Waals surface area contributed by atoms with Gasteiger partial charge in [-0.1, -0.05) is 206 Å². The van der Waals surface area contributed by atoms with Crippen molar-refractivity contribution < 1.29 is 4.42 Å². The first-order valence-electron chi connectivity index (χ1n) is 24.3. The molecule has 0 fully saturated rings. The molecule has 0 bridgehead atoms. The highest BCUT2D eigenvalue weighted by Gasteiger charge is 2.25. The molecule has 14 rings (SSSR count). The highest BCUT2D eigenvalue weighted by atomic mass is 16.3. The van der Waals surface area contributed by atoms with Gasteiger partial charge in [-0.2, -0.15) is 0 Å². The Morgan fingerprint density at radius 1 is 0.296 bits per heavy atom. The van der Waals surface area contributed by atoms with Crippen LogP contribution >= 0.6 is 0 Å². The van der Waals surface area contributed by atoms with Crippen LogP contribution in [0.1, 0.15) is 0 Å². The quantitative estimate of drug-likeness (QED) is 0.151. The highest BCUT2D eigenvalue weighted by molar-refractivity contribution is 6.21. The van der Waals surface area contributed by atoms with E-state index in [2.05, 4.69) is 276 Å². The zero-order chi connectivity index (χ0) is 46.8. The molecule has 0 aliphatic carbocycles. The van der Waals surface area contributed by atoms with Crippen LogP contribution in [0.3, 0.4) is 0 Å². The van der Waals surface area contributed by atoms with Crippen LogP contribution in [-0.4, -0.2) is 4.57 Å². The van der Waals surface area contributed by atoms with Crippen molar-refractivity contribution in [3.63, 3.8) is 0 Å². The van der Waals surface area contributed by atoms with Gasteiger partial charge in [0.2, 0.25) is 0 Å². The number of rotatable bonds is 8. The molecule has 0 saturated heterocycles. The molecular weight excluding hydrogens is 861 g/mol. The van der Waals surface area contributed by atoms with Crippen LogP contribution in [0.4, 0.5) is 17.1 Å². The summed E-state index contributed by atoms with van der Waals surface area (Å²) in [7, 11) is 0. The maximum Gasteiger partial charge on any atom is 0.145 e. The van der Waals surface area contributed by atoms with Crippen molar-refractivity contribution in [2.75, 3.05) is 4.90 Å². The second kappa shape index (κ2) is 16.7. The molecule has 0 amide bonds. The summed E-state index contributed by atoms with van der Waals surface area (Å²) >= 11 is 0. The first-order valence-corrected chi connectivity index (χ1v) is 24.3. The van der Waals surface area contributed by atoms with E-state index in [0.29, 0.717) is 0 Å². The molecule has 0 N–H and O–H groups in total. The molecule has 2 heterocycles. The summed E-state index contributed by atoms with van der Waals surface area (Å²) in [6, 6.07) is 96.6. The Balaban J connectivity index is 0.964. The summed E-state index contributed by atoms with van der Waals surface area (Å²) in [5, 5.41) is 9.45. The molecule has 3 heteroatoms. The Bertz CT molecular complexity index is 4310. The van der Waals surface area contributed by atoms with Gasteiger partial charge in [0.05, 0.1) is 27.8 Å². The van der Waals surface area contributed by atoms with Crippen molar-refractivity contribution in [1.29, 1.82) is 0 Å². The summed E-state index contributed by atoms with van der Waals surface area (Å²) in [4.78, 5) is 2.44. The first kappa shape index (κ1) is 40.6. The number of benzene rings is 12. The summed E-state index contributed by atoms with van der Waals surface area (Å²) in [5.41, 5.74) is 17.7. The van der Waals surface area contributed by atoms with E-state index >= 15 is 0 Å². The lowest BCUT2D eigenvalue weighted by atomic mass is 9.93. The highest BCUT2D eigenvalue weighted by Crippen LogP contribution is 2.50. The number of aromatic nitrogens is 1. The molecule has 332 valence electrons. The fourth-order valence-electron chi connectivity index (χ4n) is 11.2. The van der Waals surface area contributed by atoms with Gasteiger partial charge < -0.3 is 13.9 Å². The zero-order valence-corrected chi connectivity index (χ0v) is 38.7. The number of anilines is 3. The normalized spacial score (nSPS) is 11.7. The van der Waals surface area contributed by atoms with Crippen molar-refractivity contribution in [2.45, 2.75) is 0 Å². The molecule has 0 unspecified atom stereocenters. The molecule has 0 aliphatic rings. The van der Waals surface area contributed by atoms with Gasteiger partial charge in [-0.05, 0) is 116 Å². The predicted octanol–water partition coefficient (Wildman–Crippen LogP) is 19.1. The fourth-order valence-corrected chi connectivity index (χ4v) is 11.2. The fraction of sp³-hybridized carbons (Fsp3) is 0. The third-order valence-corrected chi connectivity index (χ3v) is 14.4. The van der Waals surface area contributed by atoms with Gasteiger partial charge in [0.1, 0.15) is 11.2 Å². The lowest BCUT2D eigenvalue weighted by Gasteiger charge is -2.29. The third-order valence-electron chi connectivity index (χ3n) is 14.4.